The standard InChI is InChI=1S/C13H14N2S/c1-16-13-11(3-2-4-12(13)15)9-5-7-10(14)8-6-9/h2-8H,14-15H2,1H3. The molecule has 0 aliphatic carbocycles. The maximum atomic E-state index is 5.95. The van der Waals surface area contributed by atoms with Crippen molar-refractivity contribution in [3.05, 3.63) is 42.5 Å². The molecule has 0 saturated heterocycles. The van der Waals surface area contributed by atoms with Gasteiger partial charge in [0.15, 0.2) is 0 Å². The molecule has 0 fully saturated rings. The molecule has 0 aliphatic heterocycles. The molecule has 0 bridgehead atoms. The zero-order valence-electron chi connectivity index (χ0n) is 9.10. The Bertz CT molecular complexity index is 492. The lowest BCUT2D eigenvalue weighted by atomic mass is 10.0. The predicted octanol–water partition coefficient (Wildman–Crippen LogP) is 3.24. The van der Waals surface area contributed by atoms with Crippen molar-refractivity contribution in [3.63, 3.8) is 0 Å². The molecule has 4 N–H and O–H groups in total. The highest BCUT2D eigenvalue weighted by Gasteiger charge is 2.06. The van der Waals surface area contributed by atoms with E-state index >= 15 is 0 Å². The first kappa shape index (κ1) is 10.9. The molecule has 3 heteroatoms. The van der Waals surface area contributed by atoms with E-state index in [1.807, 2.05) is 42.7 Å². The highest BCUT2D eigenvalue weighted by Crippen LogP contribution is 2.34. The molecule has 0 amide bonds. The molecule has 0 spiro atoms. The molecule has 0 heterocycles. The average molecular weight is 230 g/mol. The van der Waals surface area contributed by atoms with Gasteiger partial charge in [0, 0.05) is 16.3 Å². The van der Waals surface area contributed by atoms with Gasteiger partial charge in [-0.15, -0.1) is 11.8 Å². The van der Waals surface area contributed by atoms with Crippen molar-refractivity contribution in [3.8, 4) is 11.1 Å². The summed E-state index contributed by atoms with van der Waals surface area (Å²) in [6.45, 7) is 0. The van der Waals surface area contributed by atoms with E-state index in [1.54, 1.807) is 11.8 Å². The SMILES string of the molecule is CSc1c(N)cccc1-c1ccc(N)cc1. The summed E-state index contributed by atoms with van der Waals surface area (Å²) in [4.78, 5) is 1.12. The number of nitrogen functional groups attached to an aromatic ring is 2. The van der Waals surface area contributed by atoms with E-state index in [0.717, 1.165) is 27.4 Å². The van der Waals surface area contributed by atoms with Crippen LogP contribution in [-0.4, -0.2) is 6.26 Å². The van der Waals surface area contributed by atoms with Crippen molar-refractivity contribution in [2.75, 3.05) is 17.7 Å². The fourth-order valence-electron chi connectivity index (χ4n) is 1.67. The fourth-order valence-corrected chi connectivity index (χ4v) is 2.38. The van der Waals surface area contributed by atoms with Crippen molar-refractivity contribution in [1.82, 2.24) is 0 Å². The Balaban J connectivity index is 2.55. The van der Waals surface area contributed by atoms with E-state index in [2.05, 4.69) is 6.07 Å². The predicted molar refractivity (Wildman–Crippen MR) is 72.5 cm³/mol. The number of hydrogen-bond acceptors (Lipinski definition) is 3. The summed E-state index contributed by atoms with van der Waals surface area (Å²) in [7, 11) is 0. The lowest BCUT2D eigenvalue weighted by Gasteiger charge is -2.10. The molecule has 0 aromatic heterocycles. The average Bonchev–Trinajstić information content (AvgIpc) is 2.30. The van der Waals surface area contributed by atoms with Gasteiger partial charge in [0.25, 0.3) is 0 Å². The molecule has 0 unspecified atom stereocenters. The molecule has 2 aromatic carbocycles. The van der Waals surface area contributed by atoms with Crippen LogP contribution < -0.4 is 11.5 Å². The van der Waals surface area contributed by atoms with Crippen LogP contribution in [0.1, 0.15) is 0 Å². The van der Waals surface area contributed by atoms with Gasteiger partial charge >= 0.3 is 0 Å². The number of thioether (sulfide) groups is 1. The molecule has 0 radical (unpaired) electrons. The minimum absolute atomic E-state index is 0.776. The van der Waals surface area contributed by atoms with Crippen molar-refractivity contribution in [1.29, 1.82) is 0 Å². The van der Waals surface area contributed by atoms with Crippen molar-refractivity contribution in [2.45, 2.75) is 4.90 Å². The topological polar surface area (TPSA) is 52.0 Å². The minimum Gasteiger partial charge on any atom is -0.399 e. The van der Waals surface area contributed by atoms with Crippen LogP contribution in [0.15, 0.2) is 47.4 Å². The Morgan fingerprint density at radius 1 is 0.938 bits per heavy atom. The van der Waals surface area contributed by atoms with E-state index in [4.69, 9.17) is 11.5 Å². The fraction of sp³-hybridized carbons (Fsp3) is 0.0769. The summed E-state index contributed by atoms with van der Waals surface area (Å²) in [5.41, 5.74) is 15.5. The van der Waals surface area contributed by atoms with Crippen molar-refractivity contribution >= 4 is 23.1 Å². The van der Waals surface area contributed by atoms with Crippen LogP contribution in [0.5, 0.6) is 0 Å². The molecule has 2 aromatic rings. The van der Waals surface area contributed by atoms with E-state index in [1.165, 1.54) is 0 Å². The number of benzene rings is 2. The van der Waals surface area contributed by atoms with E-state index in [9.17, 15) is 0 Å². The second-order valence-corrected chi connectivity index (χ2v) is 4.37. The Labute approximate surface area is 99.7 Å². The molecule has 0 atom stereocenters. The molecule has 0 saturated carbocycles. The summed E-state index contributed by atoms with van der Waals surface area (Å²) >= 11 is 1.66. The van der Waals surface area contributed by atoms with Crippen molar-refractivity contribution < 1.29 is 0 Å². The Kier molecular flexibility index (Phi) is 3.06. The maximum absolute atomic E-state index is 5.95. The molecule has 2 rings (SSSR count). The molecule has 0 aliphatic rings. The molecule has 2 nitrogen and oxygen atoms in total. The van der Waals surface area contributed by atoms with Gasteiger partial charge in [0.05, 0.1) is 0 Å². The molecule has 82 valence electrons. The summed E-state index contributed by atoms with van der Waals surface area (Å²) in [5.74, 6) is 0. The lowest BCUT2D eigenvalue weighted by molar-refractivity contribution is 1.45. The molecule has 16 heavy (non-hydrogen) atoms. The summed E-state index contributed by atoms with van der Waals surface area (Å²) in [5, 5.41) is 0. The van der Waals surface area contributed by atoms with Crippen LogP contribution in [0.3, 0.4) is 0 Å². The van der Waals surface area contributed by atoms with E-state index in [0.29, 0.717) is 0 Å². The van der Waals surface area contributed by atoms with Gasteiger partial charge in [-0.2, -0.15) is 0 Å². The first-order chi connectivity index (χ1) is 7.72. The number of hydrogen-bond donors (Lipinski definition) is 2. The van der Waals surface area contributed by atoms with Crippen LogP contribution in [0, 0.1) is 0 Å². The normalized spacial score (nSPS) is 10.3. The summed E-state index contributed by atoms with van der Waals surface area (Å²) in [6.07, 6.45) is 2.03. The van der Waals surface area contributed by atoms with Crippen LogP contribution in [0.4, 0.5) is 11.4 Å². The number of nitrogens with two attached hydrogens (primary N) is 2. The highest BCUT2D eigenvalue weighted by atomic mass is 32.2. The highest BCUT2D eigenvalue weighted by molar-refractivity contribution is 7.98. The quantitative estimate of drug-likeness (QED) is 0.615. The minimum atomic E-state index is 0.776. The largest absolute Gasteiger partial charge is 0.399 e. The second kappa shape index (κ2) is 4.49. The van der Waals surface area contributed by atoms with Gasteiger partial charge < -0.3 is 11.5 Å². The Morgan fingerprint density at radius 3 is 2.25 bits per heavy atom. The summed E-state index contributed by atoms with van der Waals surface area (Å²) < 4.78 is 0. The first-order valence-corrected chi connectivity index (χ1v) is 6.23. The maximum Gasteiger partial charge on any atom is 0.0458 e. The molecular formula is C13H14N2S. The van der Waals surface area contributed by atoms with Crippen LogP contribution >= 0.6 is 11.8 Å². The van der Waals surface area contributed by atoms with Gasteiger partial charge in [-0.3, -0.25) is 0 Å². The van der Waals surface area contributed by atoms with Gasteiger partial charge in [0.1, 0.15) is 0 Å². The lowest BCUT2D eigenvalue weighted by Crippen LogP contribution is -1.91. The van der Waals surface area contributed by atoms with Crippen LogP contribution in [-0.2, 0) is 0 Å². The summed E-state index contributed by atoms with van der Waals surface area (Å²) in [6, 6.07) is 13.8. The zero-order chi connectivity index (χ0) is 11.5. The smallest absolute Gasteiger partial charge is 0.0458 e. The van der Waals surface area contributed by atoms with Gasteiger partial charge in [-0.05, 0) is 35.6 Å². The number of rotatable bonds is 2. The first-order valence-electron chi connectivity index (χ1n) is 5.01. The van der Waals surface area contributed by atoms with E-state index < -0.39 is 0 Å². The zero-order valence-corrected chi connectivity index (χ0v) is 9.92. The second-order valence-electron chi connectivity index (χ2n) is 3.55. The third-order valence-corrected chi connectivity index (χ3v) is 3.34. The number of anilines is 2. The van der Waals surface area contributed by atoms with Gasteiger partial charge in [-0.1, -0.05) is 24.3 Å². The van der Waals surface area contributed by atoms with Gasteiger partial charge in [0.2, 0.25) is 0 Å². The van der Waals surface area contributed by atoms with E-state index in [-0.39, 0.29) is 0 Å². The van der Waals surface area contributed by atoms with Gasteiger partial charge in [-0.25, -0.2) is 0 Å². The monoisotopic (exact) mass is 230 g/mol. The molecular weight excluding hydrogens is 216 g/mol. The Morgan fingerprint density at radius 2 is 1.62 bits per heavy atom. The third kappa shape index (κ3) is 1.99. The third-order valence-electron chi connectivity index (χ3n) is 2.47. The Hall–Kier alpha value is -1.61. The van der Waals surface area contributed by atoms with Crippen molar-refractivity contribution in [2.24, 2.45) is 0 Å². The van der Waals surface area contributed by atoms with Crippen LogP contribution in [0.2, 0.25) is 0 Å². The van der Waals surface area contributed by atoms with Crippen LogP contribution in [0.25, 0.3) is 11.1 Å².